The molecule has 6 heteroatoms. The standard InChI is InChI=1S/C17H19N3OS.CH5N/c21-9-14-7-12-1-2-15(18-16(12)22-14)19-6-3-13(8-19)20-10-17(11-20)4-5-17;1-2/h1-2,7,9,13H,3-6,8,10-11H2;2H2,1H3. The summed E-state index contributed by atoms with van der Waals surface area (Å²) in [4.78, 5) is 22.5. The lowest BCUT2D eigenvalue weighted by molar-refractivity contribution is 0.0447. The van der Waals surface area contributed by atoms with Crippen LogP contribution in [0.4, 0.5) is 5.82 Å². The highest BCUT2D eigenvalue weighted by Gasteiger charge is 2.54. The van der Waals surface area contributed by atoms with E-state index in [1.54, 1.807) is 0 Å². The summed E-state index contributed by atoms with van der Waals surface area (Å²) in [5, 5.41) is 1.07. The molecule has 3 fully saturated rings. The molecule has 1 atom stereocenters. The van der Waals surface area contributed by atoms with E-state index in [9.17, 15) is 4.79 Å². The molecule has 1 unspecified atom stereocenters. The first kappa shape index (κ1) is 16.0. The second kappa shape index (κ2) is 6.10. The summed E-state index contributed by atoms with van der Waals surface area (Å²) in [5.74, 6) is 1.07. The van der Waals surface area contributed by atoms with Crippen molar-refractivity contribution in [1.29, 1.82) is 0 Å². The predicted molar refractivity (Wildman–Crippen MR) is 99.0 cm³/mol. The van der Waals surface area contributed by atoms with Gasteiger partial charge in [-0.25, -0.2) is 4.98 Å². The van der Waals surface area contributed by atoms with E-state index in [1.165, 1.54) is 50.7 Å². The number of nitrogens with zero attached hydrogens (tertiary/aromatic N) is 3. The molecule has 5 nitrogen and oxygen atoms in total. The average molecular weight is 344 g/mol. The van der Waals surface area contributed by atoms with Crippen LogP contribution in [-0.4, -0.2) is 55.4 Å². The first-order chi connectivity index (χ1) is 11.7. The summed E-state index contributed by atoms with van der Waals surface area (Å²) < 4.78 is 0. The molecule has 0 amide bonds. The Morgan fingerprint density at radius 2 is 2.12 bits per heavy atom. The highest BCUT2D eigenvalue weighted by atomic mass is 32.1. The summed E-state index contributed by atoms with van der Waals surface area (Å²) in [7, 11) is 1.50. The highest BCUT2D eigenvalue weighted by molar-refractivity contribution is 7.20. The van der Waals surface area contributed by atoms with E-state index in [4.69, 9.17) is 4.98 Å². The molecule has 5 rings (SSSR count). The maximum absolute atomic E-state index is 10.9. The van der Waals surface area contributed by atoms with Gasteiger partial charge in [-0.05, 0) is 49.9 Å². The Morgan fingerprint density at radius 1 is 1.33 bits per heavy atom. The lowest BCUT2D eigenvalue weighted by atomic mass is 9.94. The number of hydrogen-bond acceptors (Lipinski definition) is 6. The van der Waals surface area contributed by atoms with E-state index in [-0.39, 0.29) is 0 Å². The van der Waals surface area contributed by atoms with Gasteiger partial charge in [0.05, 0.1) is 4.88 Å². The molecule has 0 radical (unpaired) electrons. The fourth-order valence-electron chi connectivity index (χ4n) is 3.98. The Morgan fingerprint density at radius 3 is 2.83 bits per heavy atom. The number of aromatic nitrogens is 1. The maximum atomic E-state index is 10.9. The molecule has 1 spiro atoms. The molecule has 2 aliphatic heterocycles. The molecule has 128 valence electrons. The van der Waals surface area contributed by atoms with Crippen LogP contribution in [0, 0.1) is 5.41 Å². The van der Waals surface area contributed by atoms with Crippen LogP contribution < -0.4 is 10.6 Å². The summed E-state index contributed by atoms with van der Waals surface area (Å²) >= 11 is 1.48. The molecule has 3 aliphatic rings. The molecule has 24 heavy (non-hydrogen) atoms. The van der Waals surface area contributed by atoms with Crippen molar-refractivity contribution >= 4 is 33.7 Å². The number of hydrogen-bond donors (Lipinski definition) is 1. The van der Waals surface area contributed by atoms with Crippen molar-refractivity contribution in [3.63, 3.8) is 0 Å². The van der Waals surface area contributed by atoms with Gasteiger partial charge in [-0.3, -0.25) is 9.69 Å². The van der Waals surface area contributed by atoms with Crippen LogP contribution in [0.15, 0.2) is 18.2 Å². The second-order valence-electron chi connectivity index (χ2n) is 7.12. The minimum Gasteiger partial charge on any atom is -0.355 e. The Labute approximate surface area is 146 Å². The third-order valence-electron chi connectivity index (χ3n) is 5.54. The van der Waals surface area contributed by atoms with Gasteiger partial charge in [0.15, 0.2) is 6.29 Å². The highest BCUT2D eigenvalue weighted by Crippen LogP contribution is 2.53. The zero-order valence-corrected chi connectivity index (χ0v) is 14.9. The van der Waals surface area contributed by atoms with E-state index in [1.807, 2.05) is 6.07 Å². The Hall–Kier alpha value is -1.50. The number of pyridine rings is 1. The quantitative estimate of drug-likeness (QED) is 0.866. The third kappa shape index (κ3) is 2.72. The van der Waals surface area contributed by atoms with Crippen molar-refractivity contribution in [2.45, 2.75) is 25.3 Å². The van der Waals surface area contributed by atoms with Crippen molar-refractivity contribution < 1.29 is 4.79 Å². The van der Waals surface area contributed by atoms with Gasteiger partial charge in [0, 0.05) is 37.6 Å². The minimum atomic E-state index is 0.706. The number of fused-ring (bicyclic) bond motifs is 1. The molecule has 0 aromatic carbocycles. The predicted octanol–water partition coefficient (Wildman–Crippen LogP) is 2.36. The smallest absolute Gasteiger partial charge is 0.160 e. The monoisotopic (exact) mass is 344 g/mol. The van der Waals surface area contributed by atoms with Crippen molar-refractivity contribution in [3.8, 4) is 0 Å². The van der Waals surface area contributed by atoms with E-state index in [0.717, 1.165) is 45.7 Å². The number of aldehydes is 1. The molecular formula is C18H24N4OS. The lowest BCUT2D eigenvalue weighted by Crippen LogP contribution is -2.54. The van der Waals surface area contributed by atoms with Crippen molar-refractivity contribution in [1.82, 2.24) is 9.88 Å². The van der Waals surface area contributed by atoms with Gasteiger partial charge in [0.2, 0.25) is 0 Å². The number of likely N-dealkylation sites (tertiary alicyclic amines) is 1. The average Bonchev–Trinajstić information content (AvgIpc) is 3.08. The van der Waals surface area contributed by atoms with Crippen LogP contribution in [-0.2, 0) is 0 Å². The number of anilines is 1. The number of rotatable bonds is 3. The van der Waals surface area contributed by atoms with Gasteiger partial charge < -0.3 is 10.6 Å². The van der Waals surface area contributed by atoms with Gasteiger partial charge in [-0.2, -0.15) is 0 Å². The van der Waals surface area contributed by atoms with Crippen LogP contribution >= 0.6 is 11.3 Å². The van der Waals surface area contributed by atoms with Gasteiger partial charge in [-0.15, -0.1) is 11.3 Å². The van der Waals surface area contributed by atoms with E-state index in [2.05, 4.69) is 27.7 Å². The molecule has 2 saturated heterocycles. The van der Waals surface area contributed by atoms with E-state index >= 15 is 0 Å². The van der Waals surface area contributed by atoms with E-state index < -0.39 is 0 Å². The lowest BCUT2D eigenvalue weighted by Gasteiger charge is -2.44. The molecule has 0 bridgehead atoms. The Balaban J connectivity index is 0.000000704. The first-order valence-electron chi connectivity index (χ1n) is 8.67. The minimum absolute atomic E-state index is 0.706. The molecule has 1 aliphatic carbocycles. The van der Waals surface area contributed by atoms with Crippen molar-refractivity contribution in [2.75, 3.05) is 38.1 Å². The van der Waals surface area contributed by atoms with Crippen LogP contribution in [0.2, 0.25) is 0 Å². The fraction of sp³-hybridized carbons (Fsp3) is 0.556. The number of nitrogens with two attached hydrogens (primary N) is 1. The van der Waals surface area contributed by atoms with Crippen LogP contribution in [0.3, 0.4) is 0 Å². The largest absolute Gasteiger partial charge is 0.355 e. The zero-order chi connectivity index (χ0) is 16.7. The fourth-order valence-corrected chi connectivity index (χ4v) is 4.82. The van der Waals surface area contributed by atoms with Gasteiger partial charge in [-0.1, -0.05) is 0 Å². The Kier molecular flexibility index (Phi) is 4.06. The molecule has 2 N–H and O–H groups in total. The summed E-state index contributed by atoms with van der Waals surface area (Å²) in [6.07, 6.45) is 5.07. The number of carbonyl (C=O) groups is 1. The molecule has 4 heterocycles. The Bertz CT molecular complexity index is 747. The zero-order valence-electron chi connectivity index (χ0n) is 14.1. The first-order valence-corrected chi connectivity index (χ1v) is 9.49. The molecule has 1 saturated carbocycles. The topological polar surface area (TPSA) is 62.5 Å². The molecule has 2 aromatic heterocycles. The second-order valence-corrected chi connectivity index (χ2v) is 8.19. The van der Waals surface area contributed by atoms with Crippen LogP contribution in [0.1, 0.15) is 28.9 Å². The molecule has 2 aromatic rings. The van der Waals surface area contributed by atoms with Crippen LogP contribution in [0.25, 0.3) is 10.2 Å². The van der Waals surface area contributed by atoms with Gasteiger partial charge in [0.1, 0.15) is 10.6 Å². The van der Waals surface area contributed by atoms with Crippen LogP contribution in [0.5, 0.6) is 0 Å². The van der Waals surface area contributed by atoms with Crippen molar-refractivity contribution in [2.24, 2.45) is 11.1 Å². The summed E-state index contributed by atoms with van der Waals surface area (Å²) in [6.45, 7) is 4.84. The summed E-state index contributed by atoms with van der Waals surface area (Å²) in [5.41, 5.74) is 5.24. The molecular weight excluding hydrogens is 320 g/mol. The summed E-state index contributed by atoms with van der Waals surface area (Å²) in [6, 6.07) is 6.82. The maximum Gasteiger partial charge on any atom is 0.160 e. The normalized spacial score (nSPS) is 24.6. The van der Waals surface area contributed by atoms with Gasteiger partial charge in [0.25, 0.3) is 0 Å². The SMILES string of the molecule is CN.O=Cc1cc2ccc(N3CCC(N4CC5(CC5)C4)C3)nc2s1. The number of thiophene rings is 1. The van der Waals surface area contributed by atoms with E-state index in [0.29, 0.717) is 6.04 Å². The van der Waals surface area contributed by atoms with Crippen molar-refractivity contribution in [3.05, 3.63) is 23.1 Å². The number of carbonyl (C=O) groups excluding carboxylic acids is 1. The third-order valence-corrected chi connectivity index (χ3v) is 6.51. The van der Waals surface area contributed by atoms with Gasteiger partial charge >= 0.3 is 0 Å².